The molecule has 3 aromatic rings. The van der Waals surface area contributed by atoms with E-state index in [0.29, 0.717) is 10.6 Å². The monoisotopic (exact) mass is 623 g/mol. The number of carbonyl (C=O) groups is 2. The van der Waals surface area contributed by atoms with Crippen molar-refractivity contribution >= 4 is 62.3 Å². The molecule has 0 saturated heterocycles. The van der Waals surface area contributed by atoms with Crippen LogP contribution in [0.2, 0.25) is 15.1 Å². The van der Waals surface area contributed by atoms with E-state index in [1.807, 2.05) is 51.1 Å². The number of nitrogens with zero attached hydrogens (tertiary/aromatic N) is 2. The van der Waals surface area contributed by atoms with E-state index in [0.717, 1.165) is 16.1 Å². The van der Waals surface area contributed by atoms with Crippen LogP contribution in [0.3, 0.4) is 0 Å². The lowest BCUT2D eigenvalue weighted by Gasteiger charge is -2.35. The van der Waals surface area contributed by atoms with Crippen molar-refractivity contribution in [1.82, 2.24) is 10.2 Å². The average Bonchev–Trinajstić information content (AvgIpc) is 2.86. The summed E-state index contributed by atoms with van der Waals surface area (Å²) in [5.41, 5.74) is 0.900. The molecule has 0 bridgehead atoms. The fourth-order valence-corrected chi connectivity index (χ4v) is 5.57. The highest BCUT2D eigenvalue weighted by atomic mass is 35.5. The highest BCUT2D eigenvalue weighted by Gasteiger charge is 2.35. The number of nitrogens with one attached hydrogen (secondary N) is 1. The number of hydrogen-bond acceptors (Lipinski definition) is 4. The van der Waals surface area contributed by atoms with Crippen LogP contribution >= 0.6 is 34.8 Å². The molecule has 1 N–H and O–H groups in total. The number of benzene rings is 3. The van der Waals surface area contributed by atoms with Crippen molar-refractivity contribution in [3.05, 3.63) is 99.0 Å². The lowest BCUT2D eigenvalue weighted by atomic mass is 10.0. The number of halogens is 3. The Morgan fingerprint density at radius 3 is 2.12 bits per heavy atom. The molecule has 7 nitrogen and oxygen atoms in total. The molecule has 0 aliphatic rings. The SMILES string of the molecule is CC(C)(C)NC(=O)[C@@H](Cc1ccccc1)N(Cc1ccccc1Cl)C(=O)CN(c1cc(Cl)ccc1Cl)S(C)(=O)=O. The Balaban J connectivity index is 2.11. The molecule has 3 aromatic carbocycles. The molecule has 0 aliphatic heterocycles. The van der Waals surface area contributed by atoms with E-state index in [4.69, 9.17) is 34.8 Å². The Kier molecular flexibility index (Phi) is 10.5. The van der Waals surface area contributed by atoms with Gasteiger partial charge in [0.1, 0.15) is 12.6 Å². The molecule has 40 heavy (non-hydrogen) atoms. The fourth-order valence-electron chi connectivity index (χ4n) is 4.09. The van der Waals surface area contributed by atoms with Crippen LogP contribution in [0.1, 0.15) is 31.9 Å². The van der Waals surface area contributed by atoms with E-state index < -0.39 is 34.1 Å². The lowest BCUT2D eigenvalue weighted by molar-refractivity contribution is -0.140. The van der Waals surface area contributed by atoms with Crippen molar-refractivity contribution < 1.29 is 18.0 Å². The second-order valence-corrected chi connectivity index (χ2v) is 13.6. The molecule has 0 radical (unpaired) electrons. The van der Waals surface area contributed by atoms with Gasteiger partial charge in [0.15, 0.2) is 0 Å². The third-order valence-electron chi connectivity index (χ3n) is 5.92. The molecule has 0 aliphatic carbocycles. The molecule has 0 aromatic heterocycles. The van der Waals surface area contributed by atoms with Gasteiger partial charge >= 0.3 is 0 Å². The Morgan fingerprint density at radius 2 is 1.52 bits per heavy atom. The largest absolute Gasteiger partial charge is 0.350 e. The van der Waals surface area contributed by atoms with Crippen molar-refractivity contribution in [1.29, 1.82) is 0 Å². The van der Waals surface area contributed by atoms with Gasteiger partial charge in [-0.25, -0.2) is 8.42 Å². The number of amides is 2. The Morgan fingerprint density at radius 1 is 0.900 bits per heavy atom. The first-order valence-electron chi connectivity index (χ1n) is 12.5. The van der Waals surface area contributed by atoms with Gasteiger partial charge in [-0.05, 0) is 56.2 Å². The highest BCUT2D eigenvalue weighted by Crippen LogP contribution is 2.31. The highest BCUT2D eigenvalue weighted by molar-refractivity contribution is 7.92. The molecular weight excluding hydrogens is 593 g/mol. The lowest BCUT2D eigenvalue weighted by Crippen LogP contribution is -2.56. The number of anilines is 1. The predicted octanol–water partition coefficient (Wildman–Crippen LogP) is 5.97. The zero-order valence-corrected chi connectivity index (χ0v) is 25.8. The van der Waals surface area contributed by atoms with Gasteiger partial charge in [0.05, 0.1) is 17.0 Å². The molecule has 0 spiro atoms. The molecule has 1 atom stereocenters. The second-order valence-electron chi connectivity index (χ2n) is 10.4. The normalized spacial score (nSPS) is 12.5. The van der Waals surface area contributed by atoms with Gasteiger partial charge in [-0.1, -0.05) is 83.3 Å². The van der Waals surface area contributed by atoms with E-state index in [9.17, 15) is 18.0 Å². The quantitative estimate of drug-likeness (QED) is 0.301. The van der Waals surface area contributed by atoms with Crippen LogP contribution in [0.15, 0.2) is 72.8 Å². The van der Waals surface area contributed by atoms with Gasteiger partial charge in [0.25, 0.3) is 0 Å². The summed E-state index contributed by atoms with van der Waals surface area (Å²) in [6.07, 6.45) is 1.17. The zero-order valence-electron chi connectivity index (χ0n) is 22.7. The van der Waals surface area contributed by atoms with Crippen molar-refractivity contribution in [3.63, 3.8) is 0 Å². The van der Waals surface area contributed by atoms with E-state index in [-0.39, 0.29) is 34.6 Å². The average molecular weight is 625 g/mol. The van der Waals surface area contributed by atoms with Crippen LogP contribution in [0, 0.1) is 0 Å². The summed E-state index contributed by atoms with van der Waals surface area (Å²) in [5.74, 6) is -1.00. The van der Waals surface area contributed by atoms with E-state index in [1.165, 1.54) is 23.1 Å². The van der Waals surface area contributed by atoms with Gasteiger partial charge in [-0.2, -0.15) is 0 Å². The summed E-state index contributed by atoms with van der Waals surface area (Å²) in [4.78, 5) is 29.2. The maximum atomic E-state index is 14.1. The van der Waals surface area contributed by atoms with Crippen LogP contribution in [0.4, 0.5) is 5.69 Å². The van der Waals surface area contributed by atoms with Gasteiger partial charge in [0, 0.05) is 28.5 Å². The first-order valence-corrected chi connectivity index (χ1v) is 15.5. The van der Waals surface area contributed by atoms with Crippen molar-refractivity contribution in [2.24, 2.45) is 0 Å². The van der Waals surface area contributed by atoms with Gasteiger partial charge in [0.2, 0.25) is 21.8 Å². The second kappa shape index (κ2) is 13.3. The minimum absolute atomic E-state index is 0.0333. The number of carbonyl (C=O) groups excluding carboxylic acids is 2. The third-order valence-corrected chi connectivity index (χ3v) is 7.97. The van der Waals surface area contributed by atoms with Gasteiger partial charge in [-0.3, -0.25) is 13.9 Å². The molecular formula is C29H32Cl3N3O4S. The zero-order chi connectivity index (χ0) is 29.7. The molecule has 2 amide bonds. The number of sulfonamides is 1. The molecule has 0 fully saturated rings. The summed E-state index contributed by atoms with van der Waals surface area (Å²) in [6, 6.07) is 19.6. The van der Waals surface area contributed by atoms with Crippen molar-refractivity contribution in [2.45, 2.75) is 45.3 Å². The maximum absolute atomic E-state index is 14.1. The molecule has 0 saturated carbocycles. The topological polar surface area (TPSA) is 86.8 Å². The minimum atomic E-state index is -3.98. The standard InChI is InChI=1S/C29H32Cl3N3O4S/c1-29(2,3)33-28(37)26(16-20-10-6-5-7-11-20)34(18-21-12-8-9-13-23(21)31)27(36)19-35(40(4,38)39)25-17-22(30)14-15-24(25)32/h5-15,17,26H,16,18-19H2,1-4H3,(H,33,37)/t26-/m1/s1. The molecule has 214 valence electrons. The summed E-state index contributed by atoms with van der Waals surface area (Å²) in [5, 5.41) is 3.73. The van der Waals surface area contributed by atoms with Crippen molar-refractivity contribution in [2.75, 3.05) is 17.1 Å². The summed E-state index contributed by atoms with van der Waals surface area (Å²) in [6.45, 7) is 4.89. The number of rotatable bonds is 10. The van der Waals surface area contributed by atoms with Crippen LogP contribution in [0.5, 0.6) is 0 Å². The fraction of sp³-hybridized carbons (Fsp3) is 0.310. The Labute approximate surface area is 251 Å². The maximum Gasteiger partial charge on any atom is 0.244 e. The molecule has 0 heterocycles. The van der Waals surface area contributed by atoms with Crippen LogP contribution in [-0.4, -0.2) is 49.5 Å². The minimum Gasteiger partial charge on any atom is -0.350 e. The first-order chi connectivity index (χ1) is 18.7. The number of hydrogen-bond donors (Lipinski definition) is 1. The molecule has 3 rings (SSSR count). The van der Waals surface area contributed by atoms with Crippen LogP contribution in [0.25, 0.3) is 0 Å². The summed E-state index contributed by atoms with van der Waals surface area (Å²) < 4.78 is 26.7. The van der Waals surface area contributed by atoms with Gasteiger partial charge < -0.3 is 10.2 Å². The van der Waals surface area contributed by atoms with E-state index in [2.05, 4.69) is 5.32 Å². The summed E-state index contributed by atoms with van der Waals surface area (Å²) >= 11 is 18.9. The summed E-state index contributed by atoms with van der Waals surface area (Å²) in [7, 11) is -3.98. The third kappa shape index (κ3) is 8.86. The van der Waals surface area contributed by atoms with Crippen LogP contribution < -0.4 is 9.62 Å². The van der Waals surface area contributed by atoms with Crippen molar-refractivity contribution in [3.8, 4) is 0 Å². The van der Waals surface area contributed by atoms with Crippen LogP contribution in [-0.2, 0) is 32.6 Å². The van der Waals surface area contributed by atoms with E-state index >= 15 is 0 Å². The predicted molar refractivity (Wildman–Crippen MR) is 162 cm³/mol. The van der Waals surface area contributed by atoms with E-state index in [1.54, 1.807) is 24.3 Å². The Bertz CT molecular complexity index is 1460. The first kappa shape index (κ1) is 31.7. The molecule has 0 unspecified atom stereocenters. The smallest absolute Gasteiger partial charge is 0.244 e. The Hall–Kier alpha value is -2.78. The van der Waals surface area contributed by atoms with Gasteiger partial charge in [-0.15, -0.1) is 0 Å². The molecule has 11 heteroatoms.